The Balaban J connectivity index is 1.76. The highest BCUT2D eigenvalue weighted by molar-refractivity contribution is 9.10. The van der Waals surface area contributed by atoms with E-state index in [1.165, 1.54) is 12.3 Å². The van der Waals surface area contributed by atoms with Crippen molar-refractivity contribution in [2.45, 2.75) is 6.54 Å². The summed E-state index contributed by atoms with van der Waals surface area (Å²) in [5.74, 6) is -0.322. The van der Waals surface area contributed by atoms with E-state index in [-0.39, 0.29) is 11.6 Å². The second-order valence-electron chi connectivity index (χ2n) is 5.71. The molecule has 1 heterocycles. The lowest BCUT2D eigenvalue weighted by Gasteiger charge is -2.11. The van der Waals surface area contributed by atoms with Crippen LogP contribution in [0.15, 0.2) is 87.6 Å². The van der Waals surface area contributed by atoms with Crippen LogP contribution in [0.1, 0.15) is 21.7 Å². The molecule has 6 heteroatoms. The van der Waals surface area contributed by atoms with Gasteiger partial charge in [0.15, 0.2) is 0 Å². The highest BCUT2D eigenvalue weighted by Gasteiger charge is 2.15. The molecular weight excluding hydrogens is 408 g/mol. The molecule has 0 aliphatic carbocycles. The molecule has 3 aromatic rings. The molecule has 5 nitrogen and oxygen atoms in total. The third kappa shape index (κ3) is 5.43. The lowest BCUT2D eigenvalue weighted by atomic mass is 10.2. The van der Waals surface area contributed by atoms with E-state index in [2.05, 4.69) is 26.6 Å². The zero-order valence-electron chi connectivity index (χ0n) is 14.3. The average molecular weight is 425 g/mol. The van der Waals surface area contributed by atoms with Gasteiger partial charge in [-0.1, -0.05) is 52.3 Å². The second kappa shape index (κ2) is 9.00. The Labute approximate surface area is 165 Å². The summed E-state index contributed by atoms with van der Waals surface area (Å²) in [5.41, 5.74) is 1.50. The Morgan fingerprint density at radius 3 is 2.52 bits per heavy atom. The minimum Gasteiger partial charge on any atom is -0.465 e. The minimum absolute atomic E-state index is 0.103. The van der Waals surface area contributed by atoms with Gasteiger partial charge in [-0.05, 0) is 35.9 Å². The van der Waals surface area contributed by atoms with E-state index in [9.17, 15) is 9.59 Å². The summed E-state index contributed by atoms with van der Waals surface area (Å²) in [5, 5.41) is 5.47. The van der Waals surface area contributed by atoms with E-state index in [1.54, 1.807) is 30.3 Å². The maximum atomic E-state index is 12.6. The van der Waals surface area contributed by atoms with E-state index in [4.69, 9.17) is 4.42 Å². The molecule has 0 atom stereocenters. The van der Waals surface area contributed by atoms with Gasteiger partial charge < -0.3 is 15.1 Å². The van der Waals surface area contributed by atoms with Crippen molar-refractivity contribution in [3.8, 4) is 0 Å². The Bertz CT molecular complexity index is 951. The van der Waals surface area contributed by atoms with Gasteiger partial charge >= 0.3 is 0 Å². The molecule has 0 aliphatic heterocycles. The van der Waals surface area contributed by atoms with Crippen LogP contribution >= 0.6 is 15.9 Å². The Morgan fingerprint density at radius 2 is 1.81 bits per heavy atom. The SMILES string of the molecule is O=C(NCc1ccccc1)C(=Cc1ccco1)NC(=O)c1cccc(Br)c1. The van der Waals surface area contributed by atoms with Crippen molar-refractivity contribution in [3.63, 3.8) is 0 Å². The van der Waals surface area contributed by atoms with E-state index in [1.807, 2.05) is 36.4 Å². The fourth-order valence-electron chi connectivity index (χ4n) is 2.37. The summed E-state index contributed by atoms with van der Waals surface area (Å²) in [6.07, 6.45) is 3.00. The van der Waals surface area contributed by atoms with E-state index in [0.29, 0.717) is 17.9 Å². The largest absolute Gasteiger partial charge is 0.465 e. The highest BCUT2D eigenvalue weighted by Crippen LogP contribution is 2.13. The molecule has 0 radical (unpaired) electrons. The van der Waals surface area contributed by atoms with Crippen molar-refractivity contribution in [3.05, 3.63) is 100 Å². The summed E-state index contributed by atoms with van der Waals surface area (Å²) in [4.78, 5) is 25.2. The van der Waals surface area contributed by atoms with Gasteiger partial charge in [0, 0.05) is 22.7 Å². The van der Waals surface area contributed by atoms with Crippen molar-refractivity contribution < 1.29 is 14.0 Å². The van der Waals surface area contributed by atoms with Gasteiger partial charge in [0.1, 0.15) is 11.5 Å². The molecule has 0 bridgehead atoms. The first kappa shape index (κ1) is 18.7. The van der Waals surface area contributed by atoms with Crippen molar-refractivity contribution in [1.29, 1.82) is 0 Å². The number of halogens is 1. The number of benzene rings is 2. The molecule has 3 rings (SSSR count). The first-order chi connectivity index (χ1) is 13.1. The van der Waals surface area contributed by atoms with Crippen molar-refractivity contribution in [2.24, 2.45) is 0 Å². The molecule has 27 heavy (non-hydrogen) atoms. The number of furan rings is 1. The quantitative estimate of drug-likeness (QED) is 0.584. The predicted octanol–water partition coefficient (Wildman–Crippen LogP) is 4.13. The second-order valence-corrected chi connectivity index (χ2v) is 6.62. The third-order valence-corrected chi connectivity index (χ3v) is 4.20. The van der Waals surface area contributed by atoms with Crippen LogP contribution in [-0.4, -0.2) is 11.8 Å². The van der Waals surface area contributed by atoms with E-state index in [0.717, 1.165) is 10.0 Å². The summed E-state index contributed by atoms with van der Waals surface area (Å²) < 4.78 is 6.05. The number of carbonyl (C=O) groups excluding carboxylic acids is 2. The fourth-order valence-corrected chi connectivity index (χ4v) is 2.77. The molecule has 0 fully saturated rings. The first-order valence-electron chi connectivity index (χ1n) is 8.26. The summed E-state index contributed by atoms with van der Waals surface area (Å²) in [6, 6.07) is 19.9. The molecule has 0 saturated carbocycles. The van der Waals surface area contributed by atoms with Gasteiger partial charge in [0.05, 0.1) is 6.26 Å². The number of amides is 2. The lowest BCUT2D eigenvalue weighted by Crippen LogP contribution is -2.34. The maximum Gasteiger partial charge on any atom is 0.268 e. The van der Waals surface area contributed by atoms with Crippen LogP contribution in [0.2, 0.25) is 0 Å². The molecule has 0 aliphatic rings. The molecule has 0 saturated heterocycles. The Kier molecular flexibility index (Phi) is 6.22. The highest BCUT2D eigenvalue weighted by atomic mass is 79.9. The zero-order chi connectivity index (χ0) is 19.1. The molecule has 136 valence electrons. The molecule has 2 N–H and O–H groups in total. The molecule has 2 aromatic carbocycles. The lowest BCUT2D eigenvalue weighted by molar-refractivity contribution is -0.117. The van der Waals surface area contributed by atoms with E-state index >= 15 is 0 Å². The maximum absolute atomic E-state index is 12.6. The van der Waals surface area contributed by atoms with Crippen LogP contribution in [0.25, 0.3) is 6.08 Å². The zero-order valence-corrected chi connectivity index (χ0v) is 15.9. The van der Waals surface area contributed by atoms with Gasteiger partial charge in [-0.2, -0.15) is 0 Å². The van der Waals surface area contributed by atoms with Gasteiger partial charge in [-0.15, -0.1) is 0 Å². The number of carbonyl (C=O) groups is 2. The predicted molar refractivity (Wildman–Crippen MR) is 107 cm³/mol. The molecule has 0 unspecified atom stereocenters. The third-order valence-electron chi connectivity index (χ3n) is 3.71. The van der Waals surface area contributed by atoms with Crippen molar-refractivity contribution >= 4 is 33.8 Å². The normalized spacial score (nSPS) is 11.1. The molecule has 2 amide bonds. The van der Waals surface area contributed by atoms with Crippen LogP contribution in [-0.2, 0) is 11.3 Å². The Hall–Kier alpha value is -3.12. The number of hydrogen-bond acceptors (Lipinski definition) is 3. The summed E-state index contributed by atoms with van der Waals surface area (Å²) >= 11 is 3.34. The molecule has 0 spiro atoms. The van der Waals surface area contributed by atoms with Gasteiger partial charge in [-0.3, -0.25) is 9.59 Å². The van der Waals surface area contributed by atoms with Crippen LogP contribution in [0.4, 0.5) is 0 Å². The topological polar surface area (TPSA) is 71.3 Å². The monoisotopic (exact) mass is 424 g/mol. The van der Waals surface area contributed by atoms with Crippen LogP contribution in [0.3, 0.4) is 0 Å². The average Bonchev–Trinajstić information content (AvgIpc) is 3.19. The number of rotatable bonds is 6. The summed E-state index contributed by atoms with van der Waals surface area (Å²) in [7, 11) is 0. The van der Waals surface area contributed by atoms with Crippen LogP contribution in [0, 0.1) is 0 Å². The van der Waals surface area contributed by atoms with Gasteiger partial charge in [0.2, 0.25) is 0 Å². The first-order valence-corrected chi connectivity index (χ1v) is 9.05. The fraction of sp³-hybridized carbons (Fsp3) is 0.0476. The molecular formula is C21H17BrN2O3. The Morgan fingerprint density at radius 1 is 1.00 bits per heavy atom. The van der Waals surface area contributed by atoms with Gasteiger partial charge in [0.25, 0.3) is 11.8 Å². The van der Waals surface area contributed by atoms with Crippen molar-refractivity contribution in [2.75, 3.05) is 0 Å². The molecule has 1 aromatic heterocycles. The standard InChI is InChI=1S/C21H17BrN2O3/c22-17-9-4-8-16(12-17)20(25)24-19(13-18-10-5-11-27-18)21(26)23-14-15-6-2-1-3-7-15/h1-13H,14H2,(H,23,26)(H,24,25). The van der Waals surface area contributed by atoms with Crippen LogP contribution in [0.5, 0.6) is 0 Å². The van der Waals surface area contributed by atoms with Crippen molar-refractivity contribution in [1.82, 2.24) is 10.6 Å². The number of hydrogen-bond donors (Lipinski definition) is 2. The minimum atomic E-state index is -0.404. The summed E-state index contributed by atoms with van der Waals surface area (Å²) in [6.45, 7) is 0.349. The van der Waals surface area contributed by atoms with E-state index < -0.39 is 5.91 Å². The van der Waals surface area contributed by atoms with Gasteiger partial charge in [-0.25, -0.2) is 0 Å². The van der Waals surface area contributed by atoms with Crippen LogP contribution < -0.4 is 10.6 Å². The number of nitrogens with one attached hydrogen (secondary N) is 2. The smallest absolute Gasteiger partial charge is 0.268 e.